The summed E-state index contributed by atoms with van der Waals surface area (Å²) in [6.45, 7) is 2.91. The Morgan fingerprint density at radius 1 is 0.769 bits per heavy atom. The molecule has 0 spiro atoms. The van der Waals surface area contributed by atoms with Gasteiger partial charge in [0.05, 0.1) is 0 Å². The van der Waals surface area contributed by atoms with Crippen molar-refractivity contribution < 1.29 is 9.53 Å². The summed E-state index contributed by atoms with van der Waals surface area (Å²) in [5.74, 6) is 0.675. The Morgan fingerprint density at radius 3 is 1.65 bits per heavy atom. The number of nitrogens with zero attached hydrogens (tertiary/aromatic N) is 1. The van der Waals surface area contributed by atoms with Crippen LogP contribution in [0, 0.1) is 0 Å². The third-order valence-electron chi connectivity index (χ3n) is 4.15. The maximum atomic E-state index is 13.1. The Bertz CT molecular complexity index is 762. The van der Waals surface area contributed by atoms with E-state index in [1.165, 1.54) is 0 Å². The fourth-order valence-electron chi connectivity index (χ4n) is 2.83. The summed E-state index contributed by atoms with van der Waals surface area (Å²) < 4.78 is 5.84. The topological polar surface area (TPSA) is 29.5 Å². The average Bonchev–Trinajstić information content (AvgIpc) is 2.69. The summed E-state index contributed by atoms with van der Waals surface area (Å²) in [6, 6.07) is 29.5. The van der Waals surface area contributed by atoms with Gasteiger partial charge >= 0.3 is 0 Å². The predicted molar refractivity (Wildman–Crippen MR) is 104 cm³/mol. The lowest BCUT2D eigenvalue weighted by Gasteiger charge is -2.26. The highest BCUT2D eigenvalue weighted by atomic mass is 16.5. The van der Waals surface area contributed by atoms with Crippen LogP contribution >= 0.6 is 0 Å². The monoisotopic (exact) mass is 345 g/mol. The molecule has 26 heavy (non-hydrogen) atoms. The van der Waals surface area contributed by atoms with E-state index >= 15 is 0 Å². The van der Waals surface area contributed by atoms with Gasteiger partial charge < -0.3 is 9.64 Å². The molecule has 0 heterocycles. The van der Waals surface area contributed by atoms with E-state index in [2.05, 4.69) is 0 Å². The van der Waals surface area contributed by atoms with Crippen molar-refractivity contribution in [2.75, 3.05) is 0 Å². The van der Waals surface area contributed by atoms with Crippen molar-refractivity contribution in [1.29, 1.82) is 0 Å². The molecule has 0 radical (unpaired) electrons. The lowest BCUT2D eigenvalue weighted by atomic mass is 10.1. The fraction of sp³-hybridized carbons (Fsp3) is 0.174. The molecule has 0 fully saturated rings. The first-order chi connectivity index (χ1) is 12.7. The number of benzene rings is 3. The van der Waals surface area contributed by atoms with Crippen LogP contribution in [0.2, 0.25) is 0 Å². The van der Waals surface area contributed by atoms with Crippen molar-refractivity contribution in [3.63, 3.8) is 0 Å². The molecule has 0 aliphatic heterocycles. The van der Waals surface area contributed by atoms with Crippen LogP contribution in [0.1, 0.15) is 18.1 Å². The molecule has 3 nitrogen and oxygen atoms in total. The molecule has 3 rings (SSSR count). The van der Waals surface area contributed by atoms with Gasteiger partial charge in [-0.05, 0) is 30.2 Å². The maximum absolute atomic E-state index is 13.1. The van der Waals surface area contributed by atoms with Gasteiger partial charge in [0.25, 0.3) is 5.91 Å². The molecule has 3 aromatic rings. The highest BCUT2D eigenvalue weighted by Crippen LogP contribution is 2.16. The zero-order valence-corrected chi connectivity index (χ0v) is 14.9. The first-order valence-electron chi connectivity index (χ1n) is 8.81. The van der Waals surface area contributed by atoms with Crippen LogP contribution in [0.3, 0.4) is 0 Å². The molecule has 1 atom stereocenters. The number of para-hydroxylation sites is 1. The first-order valence-corrected chi connectivity index (χ1v) is 8.81. The Morgan fingerprint density at radius 2 is 1.19 bits per heavy atom. The number of ether oxygens (including phenoxy) is 1. The smallest absolute Gasteiger partial charge is 0.263 e. The molecule has 3 aromatic carbocycles. The molecule has 132 valence electrons. The van der Waals surface area contributed by atoms with E-state index in [1.807, 2.05) is 95.9 Å². The minimum Gasteiger partial charge on any atom is -0.481 e. The minimum absolute atomic E-state index is 0.0263. The van der Waals surface area contributed by atoms with Crippen LogP contribution in [0.4, 0.5) is 0 Å². The Labute approximate surface area is 154 Å². The van der Waals surface area contributed by atoms with Gasteiger partial charge in [-0.15, -0.1) is 0 Å². The van der Waals surface area contributed by atoms with Crippen molar-refractivity contribution in [3.05, 3.63) is 102 Å². The number of rotatable bonds is 7. The van der Waals surface area contributed by atoms with Crippen LogP contribution < -0.4 is 4.74 Å². The molecule has 0 N–H and O–H groups in total. The zero-order chi connectivity index (χ0) is 18.2. The van der Waals surface area contributed by atoms with Crippen LogP contribution in [0.25, 0.3) is 0 Å². The van der Waals surface area contributed by atoms with Gasteiger partial charge in [-0.3, -0.25) is 4.79 Å². The second kappa shape index (κ2) is 8.86. The van der Waals surface area contributed by atoms with E-state index in [9.17, 15) is 4.79 Å². The Hall–Kier alpha value is -3.07. The van der Waals surface area contributed by atoms with Gasteiger partial charge in [-0.2, -0.15) is 0 Å². The Kier molecular flexibility index (Phi) is 6.05. The van der Waals surface area contributed by atoms with Crippen molar-refractivity contribution in [2.24, 2.45) is 0 Å². The maximum Gasteiger partial charge on any atom is 0.263 e. The second-order valence-corrected chi connectivity index (χ2v) is 6.24. The molecular formula is C23H23NO2. The number of hydrogen-bond donors (Lipinski definition) is 0. The molecule has 0 saturated carbocycles. The van der Waals surface area contributed by atoms with Gasteiger partial charge in [-0.1, -0.05) is 78.9 Å². The summed E-state index contributed by atoms with van der Waals surface area (Å²) in [4.78, 5) is 14.9. The van der Waals surface area contributed by atoms with Crippen LogP contribution in [-0.2, 0) is 17.9 Å². The van der Waals surface area contributed by atoms with Gasteiger partial charge in [0.1, 0.15) is 5.75 Å². The van der Waals surface area contributed by atoms with Gasteiger partial charge in [0.2, 0.25) is 0 Å². The van der Waals surface area contributed by atoms with E-state index in [-0.39, 0.29) is 5.91 Å². The summed E-state index contributed by atoms with van der Waals surface area (Å²) in [7, 11) is 0. The molecule has 0 aliphatic carbocycles. The standard InChI is InChI=1S/C23H23NO2/c1-19(26-22-15-9-4-10-16-22)23(25)24(17-20-11-5-2-6-12-20)18-21-13-7-3-8-14-21/h2-16,19H,17-18H2,1H3/t19-/m0/s1. The number of amides is 1. The lowest BCUT2D eigenvalue weighted by molar-refractivity contribution is -0.139. The summed E-state index contributed by atoms with van der Waals surface area (Å²) >= 11 is 0. The molecule has 1 amide bonds. The summed E-state index contributed by atoms with van der Waals surface area (Å²) in [6.07, 6.45) is -0.551. The molecular weight excluding hydrogens is 322 g/mol. The van der Waals surface area contributed by atoms with Crippen LogP contribution in [0.5, 0.6) is 5.75 Å². The normalized spacial score (nSPS) is 11.6. The van der Waals surface area contributed by atoms with Crippen LogP contribution in [0.15, 0.2) is 91.0 Å². The highest BCUT2D eigenvalue weighted by Gasteiger charge is 2.22. The van der Waals surface area contributed by atoms with Crippen LogP contribution in [-0.4, -0.2) is 16.9 Å². The molecule has 0 saturated heterocycles. The van der Waals surface area contributed by atoms with Crippen molar-refractivity contribution >= 4 is 5.91 Å². The average molecular weight is 345 g/mol. The predicted octanol–water partition coefficient (Wildman–Crippen LogP) is 4.68. The number of carbonyl (C=O) groups excluding carboxylic acids is 1. The molecule has 0 bridgehead atoms. The van der Waals surface area contributed by atoms with E-state index in [0.717, 1.165) is 11.1 Å². The van der Waals surface area contributed by atoms with E-state index < -0.39 is 6.10 Å². The third kappa shape index (κ3) is 4.96. The van der Waals surface area contributed by atoms with E-state index in [1.54, 1.807) is 6.92 Å². The largest absolute Gasteiger partial charge is 0.481 e. The summed E-state index contributed by atoms with van der Waals surface area (Å²) in [5, 5.41) is 0. The quantitative estimate of drug-likeness (QED) is 0.622. The zero-order valence-electron chi connectivity index (χ0n) is 14.9. The van der Waals surface area contributed by atoms with E-state index in [4.69, 9.17) is 4.74 Å². The van der Waals surface area contributed by atoms with Gasteiger partial charge in [-0.25, -0.2) is 0 Å². The first kappa shape index (κ1) is 17.7. The molecule has 3 heteroatoms. The van der Waals surface area contributed by atoms with Crippen molar-refractivity contribution in [1.82, 2.24) is 4.90 Å². The Balaban J connectivity index is 1.75. The molecule has 0 aromatic heterocycles. The molecule has 0 unspecified atom stereocenters. The SMILES string of the molecule is C[C@H](Oc1ccccc1)C(=O)N(Cc1ccccc1)Cc1ccccc1. The number of hydrogen-bond acceptors (Lipinski definition) is 2. The van der Waals surface area contributed by atoms with Gasteiger partial charge in [0.15, 0.2) is 6.10 Å². The third-order valence-corrected chi connectivity index (χ3v) is 4.15. The number of carbonyl (C=O) groups is 1. The highest BCUT2D eigenvalue weighted by molar-refractivity contribution is 5.81. The minimum atomic E-state index is -0.551. The van der Waals surface area contributed by atoms with Crippen molar-refractivity contribution in [2.45, 2.75) is 26.1 Å². The molecule has 0 aliphatic rings. The lowest BCUT2D eigenvalue weighted by Crippen LogP contribution is -2.39. The second-order valence-electron chi connectivity index (χ2n) is 6.24. The van der Waals surface area contributed by atoms with Crippen molar-refractivity contribution in [3.8, 4) is 5.75 Å². The summed E-state index contributed by atoms with van der Waals surface area (Å²) in [5.41, 5.74) is 2.20. The van der Waals surface area contributed by atoms with E-state index in [0.29, 0.717) is 18.8 Å². The van der Waals surface area contributed by atoms with Gasteiger partial charge in [0, 0.05) is 13.1 Å². The fourth-order valence-corrected chi connectivity index (χ4v) is 2.83.